The fourth-order valence-corrected chi connectivity index (χ4v) is 1.56. The highest BCUT2D eigenvalue weighted by Gasteiger charge is 2.03. The van der Waals surface area contributed by atoms with E-state index in [4.69, 9.17) is 5.11 Å². The second-order valence-electron chi connectivity index (χ2n) is 4.22. The number of hydrogen-bond donors (Lipinski definition) is 1. The Morgan fingerprint density at radius 1 is 1.53 bits per heavy atom. The molecule has 0 radical (unpaired) electrons. The Balaban J connectivity index is 2.39. The van der Waals surface area contributed by atoms with Crippen LogP contribution in [0.15, 0.2) is 30.4 Å². The van der Waals surface area contributed by atoms with E-state index in [0.717, 1.165) is 19.5 Å². The number of aryl methyl sites for hydroxylation is 2. The highest BCUT2D eigenvalue weighted by molar-refractivity contribution is 5.85. The second-order valence-corrected chi connectivity index (χ2v) is 4.22. The minimum absolute atomic E-state index is 0.413. The largest absolute Gasteiger partial charge is 0.478 e. The summed E-state index contributed by atoms with van der Waals surface area (Å²) in [5, 5.41) is 8.70. The van der Waals surface area contributed by atoms with Crippen molar-refractivity contribution in [3.63, 3.8) is 0 Å². The molecule has 0 atom stereocenters. The normalized spacial score (nSPS) is 11.8. The van der Waals surface area contributed by atoms with Crippen molar-refractivity contribution in [1.82, 2.24) is 4.57 Å². The van der Waals surface area contributed by atoms with Crippen LogP contribution in [0, 0.1) is 0 Å². The highest BCUT2D eigenvalue weighted by Crippen LogP contribution is 1.98. The number of aliphatic carboxylic acids is 1. The van der Waals surface area contributed by atoms with Gasteiger partial charge in [0, 0.05) is 12.0 Å². The summed E-state index contributed by atoms with van der Waals surface area (Å²) in [5.41, 5.74) is 0.413. The lowest BCUT2D eigenvalue weighted by atomic mass is 10.2. The van der Waals surface area contributed by atoms with Gasteiger partial charge in [-0.15, -0.1) is 0 Å². The van der Waals surface area contributed by atoms with Gasteiger partial charge in [-0.1, -0.05) is 19.4 Å². The Hall–Kier alpha value is -1.58. The van der Waals surface area contributed by atoms with Gasteiger partial charge in [0.2, 0.25) is 6.33 Å². The fourth-order valence-electron chi connectivity index (χ4n) is 1.56. The molecule has 1 heterocycles. The summed E-state index contributed by atoms with van der Waals surface area (Å²) in [6.07, 6.45) is 11.0. The highest BCUT2D eigenvalue weighted by atomic mass is 16.4. The molecule has 17 heavy (non-hydrogen) atoms. The third-order valence-electron chi connectivity index (χ3n) is 2.69. The Kier molecular flexibility index (Phi) is 5.46. The minimum Gasteiger partial charge on any atom is -0.478 e. The third kappa shape index (κ3) is 4.85. The number of nitrogens with zero attached hydrogens (tertiary/aromatic N) is 2. The molecule has 0 unspecified atom stereocenters. The summed E-state index contributed by atoms with van der Waals surface area (Å²) in [6, 6.07) is 0. The number of carboxylic acids is 1. The molecule has 1 aromatic rings. The van der Waals surface area contributed by atoms with Gasteiger partial charge in [0.1, 0.15) is 12.4 Å². The first kappa shape index (κ1) is 13.5. The molecule has 4 nitrogen and oxygen atoms in total. The van der Waals surface area contributed by atoms with Crippen molar-refractivity contribution < 1.29 is 14.5 Å². The van der Waals surface area contributed by atoms with E-state index >= 15 is 0 Å². The molecule has 0 aromatic carbocycles. The Morgan fingerprint density at radius 2 is 2.29 bits per heavy atom. The summed E-state index contributed by atoms with van der Waals surface area (Å²) in [5.74, 6) is -0.837. The smallest absolute Gasteiger partial charge is 0.330 e. The van der Waals surface area contributed by atoms with Gasteiger partial charge < -0.3 is 5.11 Å². The second kappa shape index (κ2) is 6.89. The van der Waals surface area contributed by atoms with Crippen molar-refractivity contribution in [3.8, 4) is 0 Å². The van der Waals surface area contributed by atoms with Crippen molar-refractivity contribution in [2.75, 3.05) is 0 Å². The molecule has 1 N–H and O–H groups in total. The zero-order valence-electron chi connectivity index (χ0n) is 10.6. The summed E-state index contributed by atoms with van der Waals surface area (Å²) in [6.45, 7) is 5.67. The number of allylic oxidation sites excluding steroid dienone is 1. The summed E-state index contributed by atoms with van der Waals surface area (Å²) < 4.78 is 4.25. The van der Waals surface area contributed by atoms with Crippen molar-refractivity contribution in [2.45, 2.75) is 46.2 Å². The molecule has 0 aliphatic rings. The van der Waals surface area contributed by atoms with E-state index in [-0.39, 0.29) is 0 Å². The van der Waals surface area contributed by atoms with Gasteiger partial charge >= 0.3 is 5.97 Å². The number of rotatable bonds is 7. The Morgan fingerprint density at radius 3 is 2.94 bits per heavy atom. The van der Waals surface area contributed by atoms with Gasteiger partial charge in [0.05, 0.1) is 13.1 Å². The summed E-state index contributed by atoms with van der Waals surface area (Å²) in [4.78, 5) is 10.6. The molecule has 0 saturated carbocycles. The molecular weight excluding hydrogens is 216 g/mol. The molecule has 1 aromatic heterocycles. The molecule has 0 aliphatic carbocycles. The maximum absolute atomic E-state index is 10.6. The predicted octanol–water partition coefficient (Wildman–Crippen LogP) is 2.00. The Labute approximate surface area is 102 Å². The van der Waals surface area contributed by atoms with Crippen molar-refractivity contribution in [2.24, 2.45) is 0 Å². The SMILES string of the molecule is CCCC[n+]1ccn(CCC=C(C)C(=O)O)c1. The van der Waals surface area contributed by atoms with Crippen LogP contribution in [0.3, 0.4) is 0 Å². The fraction of sp³-hybridized carbons (Fsp3) is 0.538. The van der Waals surface area contributed by atoms with Crippen LogP contribution in [0.1, 0.15) is 33.1 Å². The number of unbranched alkanes of at least 4 members (excludes halogenated alkanes) is 1. The van der Waals surface area contributed by atoms with Crippen LogP contribution in [0.5, 0.6) is 0 Å². The Bertz CT molecular complexity index is 394. The van der Waals surface area contributed by atoms with E-state index in [1.165, 1.54) is 12.8 Å². The van der Waals surface area contributed by atoms with Crippen molar-refractivity contribution >= 4 is 5.97 Å². The molecule has 1 rings (SSSR count). The van der Waals surface area contributed by atoms with Crippen molar-refractivity contribution in [1.29, 1.82) is 0 Å². The van der Waals surface area contributed by atoms with E-state index in [0.29, 0.717) is 5.57 Å². The zero-order valence-corrected chi connectivity index (χ0v) is 10.6. The van der Waals surface area contributed by atoms with E-state index in [1.54, 1.807) is 13.0 Å². The first-order valence-corrected chi connectivity index (χ1v) is 6.08. The molecule has 0 aliphatic heterocycles. The van der Waals surface area contributed by atoms with Crippen LogP contribution in [0.25, 0.3) is 0 Å². The number of imidazole rings is 1. The van der Waals surface area contributed by atoms with Crippen LogP contribution >= 0.6 is 0 Å². The number of aromatic nitrogens is 2. The lowest BCUT2D eigenvalue weighted by Gasteiger charge is -1.95. The lowest BCUT2D eigenvalue weighted by Crippen LogP contribution is -2.30. The first-order valence-electron chi connectivity index (χ1n) is 6.08. The molecule has 0 fully saturated rings. The number of carbonyl (C=O) groups is 1. The summed E-state index contributed by atoms with van der Waals surface area (Å²) >= 11 is 0. The zero-order chi connectivity index (χ0) is 12.7. The van der Waals surface area contributed by atoms with Gasteiger partial charge in [0.25, 0.3) is 0 Å². The van der Waals surface area contributed by atoms with E-state index in [9.17, 15) is 4.79 Å². The van der Waals surface area contributed by atoms with Gasteiger partial charge in [0.15, 0.2) is 0 Å². The average molecular weight is 237 g/mol. The van der Waals surface area contributed by atoms with Crippen LogP contribution < -0.4 is 4.57 Å². The minimum atomic E-state index is -0.837. The van der Waals surface area contributed by atoms with Gasteiger partial charge in [-0.2, -0.15) is 0 Å². The molecular formula is C13H21N2O2+. The maximum atomic E-state index is 10.6. The monoisotopic (exact) mass is 237 g/mol. The number of hydrogen-bond acceptors (Lipinski definition) is 1. The van der Waals surface area contributed by atoms with Crippen molar-refractivity contribution in [3.05, 3.63) is 30.4 Å². The molecule has 0 bridgehead atoms. The molecule has 0 spiro atoms. The molecule has 94 valence electrons. The van der Waals surface area contributed by atoms with E-state index in [2.05, 4.69) is 28.6 Å². The van der Waals surface area contributed by atoms with Crippen LogP contribution in [-0.2, 0) is 17.9 Å². The van der Waals surface area contributed by atoms with Gasteiger partial charge in [-0.05, 0) is 13.3 Å². The standard InChI is InChI=1S/C13H20N2O2/c1-3-4-7-14-9-10-15(11-14)8-5-6-12(2)13(16)17/h6,9-11H,3-5,7-8H2,1-2H3/p+1. The first-order chi connectivity index (χ1) is 8.13. The van der Waals surface area contributed by atoms with Gasteiger partial charge in [-0.3, -0.25) is 0 Å². The lowest BCUT2D eigenvalue weighted by molar-refractivity contribution is -0.696. The average Bonchev–Trinajstić information content (AvgIpc) is 2.74. The number of carboxylic acid groups (broad SMARTS) is 1. The third-order valence-corrected chi connectivity index (χ3v) is 2.69. The molecule has 0 saturated heterocycles. The topological polar surface area (TPSA) is 46.1 Å². The molecule has 4 heteroatoms. The van der Waals surface area contributed by atoms with Gasteiger partial charge in [-0.25, -0.2) is 13.9 Å². The summed E-state index contributed by atoms with van der Waals surface area (Å²) in [7, 11) is 0. The molecule has 0 amide bonds. The van der Waals surface area contributed by atoms with E-state index < -0.39 is 5.97 Å². The van der Waals surface area contributed by atoms with E-state index in [1.807, 2.05) is 6.20 Å². The van der Waals surface area contributed by atoms with Crippen LogP contribution in [0.2, 0.25) is 0 Å². The quantitative estimate of drug-likeness (QED) is 0.582. The van der Waals surface area contributed by atoms with Crippen LogP contribution in [-0.4, -0.2) is 15.6 Å². The predicted molar refractivity (Wildman–Crippen MR) is 65.5 cm³/mol. The van der Waals surface area contributed by atoms with Crippen LogP contribution in [0.4, 0.5) is 0 Å². The maximum Gasteiger partial charge on any atom is 0.330 e.